The van der Waals surface area contributed by atoms with Crippen molar-refractivity contribution in [2.45, 2.75) is 46.3 Å². The largest absolute Gasteiger partial charge is 0.341 e. The molecule has 0 aliphatic rings. The molecule has 110 valence electrons. The topological polar surface area (TPSA) is 17.0 Å². The summed E-state index contributed by atoms with van der Waals surface area (Å²) in [4.78, 5) is 0. The van der Waals surface area contributed by atoms with E-state index in [1.165, 1.54) is 27.4 Å². The molecular formula is C19H24N2. The molecule has 0 spiro atoms. The summed E-state index contributed by atoms with van der Waals surface area (Å²) in [5, 5.41) is 6.37. The molecule has 0 saturated carbocycles. The van der Waals surface area contributed by atoms with Gasteiger partial charge in [0.1, 0.15) is 0 Å². The summed E-state index contributed by atoms with van der Waals surface area (Å²) in [6.45, 7) is 10.7. The quantitative estimate of drug-likeness (QED) is 0.735. The monoisotopic (exact) mass is 280 g/mol. The van der Waals surface area contributed by atoms with E-state index in [-0.39, 0.29) is 5.54 Å². The molecule has 1 N–H and O–H groups in total. The minimum absolute atomic E-state index is 0.130. The van der Waals surface area contributed by atoms with E-state index in [9.17, 15) is 0 Å². The molecule has 0 saturated heterocycles. The molecule has 0 fully saturated rings. The minimum Gasteiger partial charge on any atom is -0.341 e. The van der Waals surface area contributed by atoms with E-state index in [0.717, 1.165) is 13.1 Å². The van der Waals surface area contributed by atoms with Crippen molar-refractivity contribution in [2.75, 3.05) is 0 Å². The Balaban J connectivity index is 2.22. The Labute approximate surface area is 126 Å². The summed E-state index contributed by atoms with van der Waals surface area (Å²) in [6.07, 6.45) is 0. The van der Waals surface area contributed by atoms with Gasteiger partial charge in [-0.1, -0.05) is 30.3 Å². The van der Waals surface area contributed by atoms with Gasteiger partial charge < -0.3 is 9.88 Å². The molecular weight excluding hydrogens is 256 g/mol. The van der Waals surface area contributed by atoms with E-state index in [1.807, 2.05) is 0 Å². The van der Waals surface area contributed by atoms with Gasteiger partial charge in [0.25, 0.3) is 0 Å². The van der Waals surface area contributed by atoms with Gasteiger partial charge in [-0.3, -0.25) is 0 Å². The van der Waals surface area contributed by atoms with Gasteiger partial charge in [-0.15, -0.1) is 0 Å². The maximum absolute atomic E-state index is 3.61. The van der Waals surface area contributed by atoms with Crippen LogP contribution in [0.25, 0.3) is 21.8 Å². The smallest absolute Gasteiger partial charge is 0.0494 e. The first-order chi connectivity index (χ1) is 10.0. The van der Waals surface area contributed by atoms with Gasteiger partial charge in [0.2, 0.25) is 0 Å². The van der Waals surface area contributed by atoms with Crippen LogP contribution in [0.4, 0.5) is 0 Å². The van der Waals surface area contributed by atoms with Crippen LogP contribution in [0, 0.1) is 0 Å². The van der Waals surface area contributed by atoms with Gasteiger partial charge in [0.15, 0.2) is 0 Å². The van der Waals surface area contributed by atoms with Crippen LogP contribution in [0.3, 0.4) is 0 Å². The molecule has 0 atom stereocenters. The van der Waals surface area contributed by atoms with E-state index < -0.39 is 0 Å². The molecule has 2 aromatic carbocycles. The van der Waals surface area contributed by atoms with Gasteiger partial charge >= 0.3 is 0 Å². The lowest BCUT2D eigenvalue weighted by Crippen LogP contribution is -2.35. The Bertz CT molecular complexity index is 775. The Morgan fingerprint density at radius 2 is 1.67 bits per heavy atom. The normalized spacial score (nSPS) is 12.4. The summed E-state index contributed by atoms with van der Waals surface area (Å²) in [6, 6.07) is 15.4. The average molecular weight is 280 g/mol. The molecule has 0 radical (unpaired) electrons. The second kappa shape index (κ2) is 5.19. The number of nitrogens with zero attached hydrogens (tertiary/aromatic N) is 1. The first-order valence-electron chi connectivity index (χ1n) is 7.75. The maximum atomic E-state index is 3.61. The predicted octanol–water partition coefficient (Wildman–Crippen LogP) is 4.70. The average Bonchev–Trinajstić information content (AvgIpc) is 2.78. The number of fused-ring (bicyclic) bond motifs is 3. The second-order valence-corrected chi connectivity index (χ2v) is 6.68. The summed E-state index contributed by atoms with van der Waals surface area (Å²) < 4.78 is 2.41. The molecule has 0 aliphatic heterocycles. The molecule has 0 unspecified atom stereocenters. The van der Waals surface area contributed by atoms with Crippen LogP contribution in [0.2, 0.25) is 0 Å². The van der Waals surface area contributed by atoms with Crippen molar-refractivity contribution < 1.29 is 0 Å². The zero-order valence-electron chi connectivity index (χ0n) is 13.4. The lowest BCUT2D eigenvalue weighted by atomic mass is 10.0. The maximum Gasteiger partial charge on any atom is 0.0494 e. The van der Waals surface area contributed by atoms with Gasteiger partial charge in [-0.2, -0.15) is 0 Å². The van der Waals surface area contributed by atoms with Gasteiger partial charge in [-0.25, -0.2) is 0 Å². The molecule has 1 heterocycles. The van der Waals surface area contributed by atoms with Crippen LogP contribution in [0.5, 0.6) is 0 Å². The zero-order valence-corrected chi connectivity index (χ0v) is 13.4. The highest BCUT2D eigenvalue weighted by Gasteiger charge is 2.14. The molecule has 0 aliphatic carbocycles. The summed E-state index contributed by atoms with van der Waals surface area (Å²) in [5.74, 6) is 0. The zero-order chi connectivity index (χ0) is 15.0. The molecule has 3 aromatic rings. The van der Waals surface area contributed by atoms with Crippen molar-refractivity contribution in [1.82, 2.24) is 9.88 Å². The lowest BCUT2D eigenvalue weighted by molar-refractivity contribution is 0.425. The number of benzene rings is 2. The van der Waals surface area contributed by atoms with Crippen molar-refractivity contribution in [3.05, 3.63) is 48.0 Å². The molecule has 2 nitrogen and oxygen atoms in total. The van der Waals surface area contributed by atoms with Crippen molar-refractivity contribution in [1.29, 1.82) is 0 Å². The van der Waals surface area contributed by atoms with E-state index in [2.05, 4.69) is 80.0 Å². The first-order valence-corrected chi connectivity index (χ1v) is 7.75. The van der Waals surface area contributed by atoms with E-state index in [1.54, 1.807) is 0 Å². The first kappa shape index (κ1) is 14.2. The highest BCUT2D eigenvalue weighted by Crippen LogP contribution is 2.31. The van der Waals surface area contributed by atoms with Crippen LogP contribution >= 0.6 is 0 Å². The van der Waals surface area contributed by atoms with Gasteiger partial charge in [0, 0.05) is 40.4 Å². The number of para-hydroxylation sites is 1. The Kier molecular flexibility index (Phi) is 3.50. The SMILES string of the molecule is CCn1c2ccccc2c2c(CNC(C)(C)C)cccc21. The molecule has 0 bridgehead atoms. The number of hydrogen-bond donors (Lipinski definition) is 1. The fraction of sp³-hybridized carbons (Fsp3) is 0.368. The van der Waals surface area contributed by atoms with Gasteiger partial charge in [0.05, 0.1) is 0 Å². The number of aryl methyl sites for hydroxylation is 1. The summed E-state index contributed by atoms with van der Waals surface area (Å²) in [7, 11) is 0. The van der Waals surface area contributed by atoms with Crippen LogP contribution in [-0.2, 0) is 13.1 Å². The van der Waals surface area contributed by atoms with Crippen LogP contribution in [-0.4, -0.2) is 10.1 Å². The summed E-state index contributed by atoms with van der Waals surface area (Å²) >= 11 is 0. The van der Waals surface area contributed by atoms with E-state index in [0.29, 0.717) is 0 Å². The fourth-order valence-corrected chi connectivity index (χ4v) is 3.02. The Morgan fingerprint density at radius 3 is 2.38 bits per heavy atom. The molecule has 3 rings (SSSR count). The van der Waals surface area contributed by atoms with Crippen molar-refractivity contribution in [3.8, 4) is 0 Å². The van der Waals surface area contributed by atoms with Crippen LogP contribution < -0.4 is 5.32 Å². The van der Waals surface area contributed by atoms with Crippen LogP contribution in [0.1, 0.15) is 33.3 Å². The standard InChI is InChI=1S/C19H24N2/c1-5-21-16-11-7-6-10-15(16)18-14(9-8-12-17(18)21)13-20-19(2,3)4/h6-12,20H,5,13H2,1-4H3. The number of hydrogen-bond acceptors (Lipinski definition) is 1. The number of rotatable bonds is 3. The summed E-state index contributed by atoms with van der Waals surface area (Å²) in [5.41, 5.74) is 4.18. The van der Waals surface area contributed by atoms with Crippen molar-refractivity contribution in [2.24, 2.45) is 0 Å². The molecule has 21 heavy (non-hydrogen) atoms. The minimum atomic E-state index is 0.130. The predicted molar refractivity (Wildman–Crippen MR) is 91.7 cm³/mol. The third-order valence-corrected chi connectivity index (χ3v) is 4.01. The van der Waals surface area contributed by atoms with Crippen molar-refractivity contribution in [3.63, 3.8) is 0 Å². The molecule has 2 heteroatoms. The highest BCUT2D eigenvalue weighted by molar-refractivity contribution is 6.09. The van der Waals surface area contributed by atoms with Gasteiger partial charge in [-0.05, 0) is 45.4 Å². The third-order valence-electron chi connectivity index (χ3n) is 4.01. The van der Waals surface area contributed by atoms with E-state index >= 15 is 0 Å². The number of aromatic nitrogens is 1. The Morgan fingerprint density at radius 1 is 0.952 bits per heavy atom. The third kappa shape index (κ3) is 2.56. The van der Waals surface area contributed by atoms with E-state index in [4.69, 9.17) is 0 Å². The second-order valence-electron chi connectivity index (χ2n) is 6.68. The Hall–Kier alpha value is -1.80. The highest BCUT2D eigenvalue weighted by atomic mass is 15.0. The molecule has 0 amide bonds. The number of nitrogens with one attached hydrogen (secondary N) is 1. The fourth-order valence-electron chi connectivity index (χ4n) is 3.02. The lowest BCUT2D eigenvalue weighted by Gasteiger charge is -2.21. The van der Waals surface area contributed by atoms with Crippen molar-refractivity contribution >= 4 is 21.8 Å². The van der Waals surface area contributed by atoms with Crippen LogP contribution in [0.15, 0.2) is 42.5 Å². The molecule has 1 aromatic heterocycles.